The number of benzene rings is 1. The van der Waals surface area contributed by atoms with Crippen molar-refractivity contribution in [3.8, 4) is 5.75 Å². The molecule has 21 heavy (non-hydrogen) atoms. The Hall–Kier alpha value is -2.30. The first-order valence-corrected chi connectivity index (χ1v) is 6.86. The van der Waals surface area contributed by atoms with E-state index in [4.69, 9.17) is 4.74 Å². The maximum atomic E-state index is 12.3. The maximum Gasteiger partial charge on any atom is 0.242 e. The molecule has 0 N–H and O–H groups in total. The maximum absolute atomic E-state index is 12.3. The fourth-order valence-electron chi connectivity index (χ4n) is 2.06. The molecule has 0 aliphatic rings. The molecular formula is C16H21N3O2. The lowest BCUT2D eigenvalue weighted by Gasteiger charge is -2.18. The number of carbonyl (C=O) groups is 1. The second-order valence-corrected chi connectivity index (χ2v) is 5.14. The van der Waals surface area contributed by atoms with Crippen molar-refractivity contribution < 1.29 is 9.53 Å². The van der Waals surface area contributed by atoms with Gasteiger partial charge in [-0.1, -0.05) is 12.1 Å². The Kier molecular flexibility index (Phi) is 4.62. The number of nitrogens with zero attached hydrogens (tertiary/aromatic N) is 3. The highest BCUT2D eigenvalue weighted by molar-refractivity contribution is 5.75. The quantitative estimate of drug-likeness (QED) is 0.846. The second kappa shape index (κ2) is 6.43. The van der Waals surface area contributed by atoms with E-state index in [0.29, 0.717) is 13.1 Å². The zero-order chi connectivity index (χ0) is 15.4. The van der Waals surface area contributed by atoms with Gasteiger partial charge in [0.1, 0.15) is 12.3 Å². The molecule has 0 aliphatic carbocycles. The Morgan fingerprint density at radius 2 is 1.95 bits per heavy atom. The van der Waals surface area contributed by atoms with E-state index in [9.17, 15) is 4.79 Å². The Balaban J connectivity index is 1.97. The molecule has 0 bridgehead atoms. The summed E-state index contributed by atoms with van der Waals surface area (Å²) in [4.78, 5) is 18.2. The van der Waals surface area contributed by atoms with E-state index >= 15 is 0 Å². The predicted molar refractivity (Wildman–Crippen MR) is 81.2 cm³/mol. The summed E-state index contributed by atoms with van der Waals surface area (Å²) in [5.74, 6) is 0.878. The normalized spacial score (nSPS) is 10.5. The second-order valence-electron chi connectivity index (χ2n) is 5.14. The summed E-state index contributed by atoms with van der Waals surface area (Å²) in [5.41, 5.74) is 3.06. The summed E-state index contributed by atoms with van der Waals surface area (Å²) >= 11 is 0. The first kappa shape index (κ1) is 15.1. The van der Waals surface area contributed by atoms with Crippen molar-refractivity contribution >= 4 is 5.91 Å². The lowest BCUT2D eigenvalue weighted by molar-refractivity contribution is -0.131. The molecule has 0 unspecified atom stereocenters. The molecule has 5 nitrogen and oxygen atoms in total. The molecule has 0 radical (unpaired) electrons. The minimum atomic E-state index is 0.0614. The first-order chi connectivity index (χ1) is 10.0. The standard InChI is InChI=1S/C16H21N3O2/c1-12-13(2)19(11-17-12)10-16(20)18(3)9-14-5-7-15(21-4)8-6-14/h5-8,11H,9-10H2,1-4H3. The third kappa shape index (κ3) is 3.62. The van der Waals surface area contributed by atoms with Crippen molar-refractivity contribution in [2.75, 3.05) is 14.2 Å². The van der Waals surface area contributed by atoms with Crippen LogP contribution >= 0.6 is 0 Å². The van der Waals surface area contributed by atoms with E-state index in [1.165, 1.54) is 0 Å². The molecule has 2 rings (SSSR count). The summed E-state index contributed by atoms with van der Waals surface area (Å²) in [6, 6.07) is 7.73. The van der Waals surface area contributed by atoms with E-state index in [2.05, 4.69) is 4.98 Å². The van der Waals surface area contributed by atoms with Crippen LogP contribution in [-0.4, -0.2) is 34.5 Å². The number of ether oxygens (including phenoxy) is 1. The van der Waals surface area contributed by atoms with E-state index < -0.39 is 0 Å². The van der Waals surface area contributed by atoms with E-state index in [1.54, 1.807) is 18.3 Å². The van der Waals surface area contributed by atoms with Crippen LogP contribution in [0.2, 0.25) is 0 Å². The number of methoxy groups -OCH3 is 1. The molecule has 2 aromatic rings. The van der Waals surface area contributed by atoms with Crippen molar-refractivity contribution in [2.45, 2.75) is 26.9 Å². The Morgan fingerprint density at radius 1 is 1.29 bits per heavy atom. The molecule has 1 aromatic carbocycles. The number of aryl methyl sites for hydroxylation is 1. The summed E-state index contributed by atoms with van der Waals surface area (Å²) in [7, 11) is 3.45. The number of rotatable bonds is 5. The van der Waals surface area contributed by atoms with Gasteiger partial charge in [-0.15, -0.1) is 0 Å². The summed E-state index contributed by atoms with van der Waals surface area (Å²) in [6.07, 6.45) is 1.71. The lowest BCUT2D eigenvalue weighted by Crippen LogP contribution is -2.29. The van der Waals surface area contributed by atoms with Gasteiger partial charge in [-0.3, -0.25) is 4.79 Å². The summed E-state index contributed by atoms with van der Waals surface area (Å²) in [6.45, 7) is 4.81. The molecule has 0 saturated heterocycles. The molecular weight excluding hydrogens is 266 g/mol. The molecule has 1 heterocycles. The van der Waals surface area contributed by atoms with Gasteiger partial charge in [0, 0.05) is 19.3 Å². The zero-order valence-corrected chi connectivity index (χ0v) is 13.0. The van der Waals surface area contributed by atoms with Gasteiger partial charge in [0.05, 0.1) is 19.1 Å². The number of carbonyl (C=O) groups excluding carboxylic acids is 1. The van der Waals surface area contributed by atoms with Crippen molar-refractivity contribution in [3.63, 3.8) is 0 Å². The van der Waals surface area contributed by atoms with Crippen LogP contribution in [0.3, 0.4) is 0 Å². The SMILES string of the molecule is COc1ccc(CN(C)C(=O)Cn2cnc(C)c2C)cc1. The Morgan fingerprint density at radius 3 is 2.48 bits per heavy atom. The molecule has 0 saturated carbocycles. The van der Waals surface area contributed by atoms with E-state index in [-0.39, 0.29) is 5.91 Å². The van der Waals surface area contributed by atoms with Crippen LogP contribution in [0.4, 0.5) is 0 Å². The van der Waals surface area contributed by atoms with Crippen LogP contribution in [0, 0.1) is 13.8 Å². The number of amides is 1. The van der Waals surface area contributed by atoms with Gasteiger partial charge in [0.15, 0.2) is 0 Å². The molecule has 5 heteroatoms. The molecule has 0 atom stereocenters. The van der Waals surface area contributed by atoms with E-state index in [0.717, 1.165) is 22.7 Å². The van der Waals surface area contributed by atoms with Gasteiger partial charge in [-0.2, -0.15) is 0 Å². The highest BCUT2D eigenvalue weighted by Gasteiger charge is 2.12. The number of likely N-dealkylation sites (N-methyl/N-ethyl adjacent to an activating group) is 1. The van der Waals surface area contributed by atoms with Crippen LogP contribution < -0.4 is 4.74 Å². The first-order valence-electron chi connectivity index (χ1n) is 6.86. The van der Waals surface area contributed by atoms with Crippen LogP contribution in [0.15, 0.2) is 30.6 Å². The molecule has 0 fully saturated rings. The monoisotopic (exact) mass is 287 g/mol. The topological polar surface area (TPSA) is 47.4 Å². The fourth-order valence-corrected chi connectivity index (χ4v) is 2.06. The van der Waals surface area contributed by atoms with Crippen molar-refractivity contribution in [1.29, 1.82) is 0 Å². The van der Waals surface area contributed by atoms with Crippen molar-refractivity contribution in [3.05, 3.63) is 47.5 Å². The third-order valence-corrected chi connectivity index (χ3v) is 3.66. The molecule has 0 spiro atoms. The molecule has 1 amide bonds. The van der Waals surface area contributed by atoms with Crippen LogP contribution in [0.25, 0.3) is 0 Å². The van der Waals surface area contributed by atoms with Crippen LogP contribution in [0.5, 0.6) is 5.75 Å². The Bertz CT molecular complexity index is 617. The molecule has 112 valence electrons. The predicted octanol–water partition coefficient (Wildman–Crippen LogP) is 2.17. The minimum absolute atomic E-state index is 0.0614. The summed E-state index contributed by atoms with van der Waals surface area (Å²) in [5, 5.41) is 0. The summed E-state index contributed by atoms with van der Waals surface area (Å²) < 4.78 is 7.00. The average molecular weight is 287 g/mol. The van der Waals surface area contributed by atoms with Crippen molar-refractivity contribution in [1.82, 2.24) is 14.5 Å². The van der Waals surface area contributed by atoms with E-state index in [1.807, 2.05) is 49.7 Å². The largest absolute Gasteiger partial charge is 0.497 e. The van der Waals surface area contributed by atoms with Gasteiger partial charge >= 0.3 is 0 Å². The van der Waals surface area contributed by atoms with Gasteiger partial charge in [0.25, 0.3) is 0 Å². The number of hydrogen-bond acceptors (Lipinski definition) is 3. The highest BCUT2D eigenvalue weighted by Crippen LogP contribution is 2.13. The number of hydrogen-bond donors (Lipinski definition) is 0. The lowest BCUT2D eigenvalue weighted by atomic mass is 10.2. The molecule has 0 aliphatic heterocycles. The van der Waals surface area contributed by atoms with Gasteiger partial charge in [-0.25, -0.2) is 4.98 Å². The number of aromatic nitrogens is 2. The number of imidazole rings is 1. The fraction of sp³-hybridized carbons (Fsp3) is 0.375. The smallest absolute Gasteiger partial charge is 0.242 e. The molecule has 1 aromatic heterocycles. The van der Waals surface area contributed by atoms with Crippen LogP contribution in [0.1, 0.15) is 17.0 Å². The minimum Gasteiger partial charge on any atom is -0.497 e. The van der Waals surface area contributed by atoms with Gasteiger partial charge < -0.3 is 14.2 Å². The Labute approximate surface area is 125 Å². The van der Waals surface area contributed by atoms with Crippen LogP contribution in [-0.2, 0) is 17.9 Å². The highest BCUT2D eigenvalue weighted by atomic mass is 16.5. The average Bonchev–Trinajstić information content (AvgIpc) is 2.80. The van der Waals surface area contributed by atoms with Gasteiger partial charge in [0.2, 0.25) is 5.91 Å². The third-order valence-electron chi connectivity index (χ3n) is 3.66. The zero-order valence-electron chi connectivity index (χ0n) is 13.0. The van der Waals surface area contributed by atoms with Crippen molar-refractivity contribution in [2.24, 2.45) is 0 Å². The van der Waals surface area contributed by atoms with Gasteiger partial charge in [-0.05, 0) is 31.5 Å².